The fraction of sp³-hybridized carbons (Fsp3) is 0.529. The molecular weight excluding hydrogens is 318 g/mol. The van der Waals surface area contributed by atoms with Gasteiger partial charge in [-0.2, -0.15) is 0 Å². The van der Waals surface area contributed by atoms with E-state index < -0.39 is 23.3 Å². The third kappa shape index (κ3) is 4.91. The molecule has 1 saturated heterocycles. The van der Waals surface area contributed by atoms with Crippen molar-refractivity contribution >= 4 is 17.7 Å². The molecule has 24 heavy (non-hydrogen) atoms. The van der Waals surface area contributed by atoms with Gasteiger partial charge >= 0.3 is 6.09 Å². The van der Waals surface area contributed by atoms with Gasteiger partial charge in [-0.25, -0.2) is 13.6 Å². The maximum absolute atomic E-state index is 13.6. The Morgan fingerprint density at radius 2 is 1.83 bits per heavy atom. The number of piperidine rings is 1. The molecule has 5 nitrogen and oxygen atoms in total. The van der Waals surface area contributed by atoms with E-state index in [9.17, 15) is 18.4 Å². The molecule has 1 aromatic carbocycles. The van der Waals surface area contributed by atoms with Gasteiger partial charge in [-0.15, -0.1) is 0 Å². The zero-order valence-corrected chi connectivity index (χ0v) is 14.1. The largest absolute Gasteiger partial charge is 0.444 e. The topological polar surface area (TPSA) is 58.6 Å². The van der Waals surface area contributed by atoms with Crippen molar-refractivity contribution in [1.29, 1.82) is 0 Å². The predicted molar refractivity (Wildman–Crippen MR) is 85.5 cm³/mol. The zero-order chi connectivity index (χ0) is 17.9. The van der Waals surface area contributed by atoms with E-state index in [1.165, 1.54) is 6.07 Å². The standard InChI is InChI=1S/C17H22F2N2O3/c1-17(2,3)24-16(23)21-8-6-11(7-9-21)15(22)20-14-5-4-12(18)10-13(14)19/h4-5,10-11H,6-9H2,1-3H3,(H,20,22). The third-order valence-corrected chi connectivity index (χ3v) is 3.71. The summed E-state index contributed by atoms with van der Waals surface area (Å²) in [6.45, 7) is 6.19. The number of ether oxygens (including phenoxy) is 1. The molecule has 0 aromatic heterocycles. The highest BCUT2D eigenvalue weighted by atomic mass is 19.1. The van der Waals surface area contributed by atoms with E-state index in [2.05, 4.69) is 5.32 Å². The van der Waals surface area contributed by atoms with Gasteiger partial charge < -0.3 is 15.0 Å². The lowest BCUT2D eigenvalue weighted by Gasteiger charge is -2.32. The number of benzene rings is 1. The average Bonchev–Trinajstić information content (AvgIpc) is 2.48. The minimum absolute atomic E-state index is 0.0454. The Hall–Kier alpha value is -2.18. The first-order valence-corrected chi connectivity index (χ1v) is 7.89. The molecule has 0 atom stereocenters. The number of hydrogen-bond acceptors (Lipinski definition) is 3. The van der Waals surface area contributed by atoms with Crippen LogP contribution in [0.4, 0.5) is 19.3 Å². The second-order valence-corrected chi connectivity index (χ2v) is 6.86. The Balaban J connectivity index is 1.87. The van der Waals surface area contributed by atoms with Gasteiger partial charge in [-0.1, -0.05) is 0 Å². The van der Waals surface area contributed by atoms with Crippen LogP contribution in [0.2, 0.25) is 0 Å². The molecule has 1 aromatic rings. The Morgan fingerprint density at radius 1 is 1.21 bits per heavy atom. The summed E-state index contributed by atoms with van der Waals surface area (Å²) in [5, 5.41) is 2.47. The molecule has 0 bridgehead atoms. The molecule has 1 fully saturated rings. The van der Waals surface area contributed by atoms with Gasteiger partial charge in [0.25, 0.3) is 0 Å². The van der Waals surface area contributed by atoms with Crippen molar-refractivity contribution in [1.82, 2.24) is 4.90 Å². The minimum Gasteiger partial charge on any atom is -0.444 e. The van der Waals surface area contributed by atoms with Crippen LogP contribution in [0, 0.1) is 17.6 Å². The molecular formula is C17H22F2N2O3. The molecule has 1 heterocycles. The number of amides is 2. The van der Waals surface area contributed by atoms with Crippen LogP contribution in [0.3, 0.4) is 0 Å². The van der Waals surface area contributed by atoms with Gasteiger partial charge in [0.05, 0.1) is 5.69 Å². The summed E-state index contributed by atoms with van der Waals surface area (Å²) in [5.41, 5.74) is -0.609. The van der Waals surface area contributed by atoms with Crippen LogP contribution >= 0.6 is 0 Å². The molecule has 7 heteroatoms. The number of nitrogens with zero attached hydrogens (tertiary/aromatic N) is 1. The first-order valence-electron chi connectivity index (χ1n) is 7.89. The lowest BCUT2D eigenvalue weighted by molar-refractivity contribution is -0.121. The number of carbonyl (C=O) groups excluding carboxylic acids is 2. The summed E-state index contributed by atoms with van der Waals surface area (Å²) in [4.78, 5) is 25.7. The second-order valence-electron chi connectivity index (χ2n) is 6.86. The van der Waals surface area contributed by atoms with Crippen molar-refractivity contribution in [3.8, 4) is 0 Å². The first kappa shape index (κ1) is 18.2. The van der Waals surface area contributed by atoms with Crippen LogP contribution in [0.15, 0.2) is 18.2 Å². The van der Waals surface area contributed by atoms with Crippen LogP contribution < -0.4 is 5.32 Å². The van der Waals surface area contributed by atoms with Crippen molar-refractivity contribution in [2.45, 2.75) is 39.2 Å². The van der Waals surface area contributed by atoms with Gasteiger partial charge in [-0.3, -0.25) is 4.79 Å². The van der Waals surface area contributed by atoms with Crippen molar-refractivity contribution in [2.75, 3.05) is 18.4 Å². The fourth-order valence-electron chi connectivity index (χ4n) is 2.48. The molecule has 0 spiro atoms. The number of likely N-dealkylation sites (tertiary alicyclic amines) is 1. The highest BCUT2D eigenvalue weighted by Crippen LogP contribution is 2.22. The summed E-state index contributed by atoms with van der Waals surface area (Å²) < 4.78 is 31.7. The van der Waals surface area contributed by atoms with E-state index in [-0.39, 0.29) is 17.5 Å². The van der Waals surface area contributed by atoms with Gasteiger partial charge in [0.2, 0.25) is 5.91 Å². The summed E-state index contributed by atoms with van der Waals surface area (Å²) in [6.07, 6.45) is 0.535. The van der Waals surface area contributed by atoms with Crippen molar-refractivity contribution in [3.05, 3.63) is 29.8 Å². The zero-order valence-electron chi connectivity index (χ0n) is 14.1. The molecule has 2 rings (SSSR count). The molecule has 132 valence electrons. The number of nitrogens with one attached hydrogen (secondary N) is 1. The van der Waals surface area contributed by atoms with Crippen LogP contribution in [0.5, 0.6) is 0 Å². The Labute approximate surface area is 140 Å². The van der Waals surface area contributed by atoms with Gasteiger partial charge in [0.15, 0.2) is 0 Å². The summed E-state index contributed by atoms with van der Waals surface area (Å²) >= 11 is 0. The number of hydrogen-bond donors (Lipinski definition) is 1. The number of halogens is 2. The number of anilines is 1. The molecule has 0 radical (unpaired) electrons. The summed E-state index contributed by atoms with van der Waals surface area (Å²) in [5.74, 6) is -2.16. The van der Waals surface area contributed by atoms with Crippen LogP contribution in [-0.4, -0.2) is 35.6 Å². The number of carbonyl (C=O) groups is 2. The molecule has 2 amide bonds. The normalized spacial score (nSPS) is 16.0. The Kier molecular flexibility index (Phi) is 5.41. The Bertz CT molecular complexity index is 621. The highest BCUT2D eigenvalue weighted by molar-refractivity contribution is 5.92. The lowest BCUT2D eigenvalue weighted by Crippen LogP contribution is -2.43. The monoisotopic (exact) mass is 340 g/mol. The second kappa shape index (κ2) is 7.15. The average molecular weight is 340 g/mol. The summed E-state index contributed by atoms with van der Waals surface area (Å²) in [7, 11) is 0. The van der Waals surface area contributed by atoms with Gasteiger partial charge in [-0.05, 0) is 45.7 Å². The molecule has 0 aliphatic carbocycles. The van der Waals surface area contributed by atoms with Crippen molar-refractivity contribution < 1.29 is 23.1 Å². The Morgan fingerprint density at radius 3 is 2.38 bits per heavy atom. The van der Waals surface area contributed by atoms with Crippen molar-refractivity contribution in [3.63, 3.8) is 0 Å². The highest BCUT2D eigenvalue weighted by Gasteiger charge is 2.30. The molecule has 0 saturated carbocycles. The van der Waals surface area contributed by atoms with E-state index >= 15 is 0 Å². The molecule has 1 aliphatic rings. The fourth-order valence-corrected chi connectivity index (χ4v) is 2.48. The van der Waals surface area contributed by atoms with Gasteiger partial charge in [0.1, 0.15) is 17.2 Å². The maximum Gasteiger partial charge on any atom is 0.410 e. The van der Waals surface area contributed by atoms with E-state index in [4.69, 9.17) is 4.74 Å². The quantitative estimate of drug-likeness (QED) is 0.896. The van der Waals surface area contributed by atoms with E-state index in [1.807, 2.05) is 0 Å². The minimum atomic E-state index is -0.811. The molecule has 0 unspecified atom stereocenters. The summed E-state index contributed by atoms with van der Waals surface area (Å²) in [6, 6.07) is 3.00. The van der Waals surface area contributed by atoms with Crippen LogP contribution in [0.1, 0.15) is 33.6 Å². The van der Waals surface area contributed by atoms with E-state index in [0.29, 0.717) is 25.9 Å². The first-order chi connectivity index (χ1) is 11.2. The van der Waals surface area contributed by atoms with Crippen molar-refractivity contribution in [2.24, 2.45) is 5.92 Å². The third-order valence-electron chi connectivity index (χ3n) is 3.71. The smallest absolute Gasteiger partial charge is 0.410 e. The molecule has 1 aliphatic heterocycles. The van der Waals surface area contributed by atoms with Gasteiger partial charge in [0, 0.05) is 25.1 Å². The maximum atomic E-state index is 13.6. The lowest BCUT2D eigenvalue weighted by atomic mass is 9.96. The SMILES string of the molecule is CC(C)(C)OC(=O)N1CCC(C(=O)Nc2ccc(F)cc2F)CC1. The van der Waals surface area contributed by atoms with Crippen LogP contribution in [0.25, 0.3) is 0 Å². The predicted octanol–water partition coefficient (Wildman–Crippen LogP) is 3.55. The molecule has 1 N–H and O–H groups in total. The van der Waals surface area contributed by atoms with E-state index in [0.717, 1.165) is 12.1 Å². The van der Waals surface area contributed by atoms with Crippen LogP contribution in [-0.2, 0) is 9.53 Å². The number of rotatable bonds is 2. The van der Waals surface area contributed by atoms with E-state index in [1.54, 1.807) is 25.7 Å².